The summed E-state index contributed by atoms with van der Waals surface area (Å²) in [5.74, 6) is 2.26. The van der Waals surface area contributed by atoms with Gasteiger partial charge in [-0.1, -0.05) is 12.1 Å². The molecule has 0 saturated carbocycles. The first kappa shape index (κ1) is 21.8. The van der Waals surface area contributed by atoms with Crippen LogP contribution in [0.3, 0.4) is 0 Å². The van der Waals surface area contributed by atoms with E-state index in [1.165, 1.54) is 13.0 Å². The second-order valence-electron chi connectivity index (χ2n) is 8.89. The van der Waals surface area contributed by atoms with E-state index in [1.54, 1.807) is 13.0 Å². The Balaban J connectivity index is 1.50. The molecule has 2 aliphatic heterocycles. The Hall–Kier alpha value is -3.07. The van der Waals surface area contributed by atoms with Gasteiger partial charge in [-0.05, 0) is 44.0 Å². The zero-order valence-corrected chi connectivity index (χ0v) is 18.5. The van der Waals surface area contributed by atoms with Gasteiger partial charge >= 0.3 is 6.18 Å². The van der Waals surface area contributed by atoms with Gasteiger partial charge in [0.1, 0.15) is 24.9 Å². The second kappa shape index (κ2) is 7.76. The van der Waals surface area contributed by atoms with Gasteiger partial charge in [0.2, 0.25) is 0 Å². The fourth-order valence-corrected chi connectivity index (χ4v) is 4.36. The van der Waals surface area contributed by atoms with Crippen molar-refractivity contribution in [3.8, 4) is 11.5 Å². The monoisotopic (exact) mass is 459 g/mol. The first-order chi connectivity index (χ1) is 15.7. The SMILES string of the molecule is Cc1nc(NC(C)c2cccc(C(F)(F)F)c2C)c2cc3c(cc2n1)OCC1(COC1)CO3. The van der Waals surface area contributed by atoms with Gasteiger partial charge in [-0.2, -0.15) is 13.2 Å². The average molecular weight is 459 g/mol. The van der Waals surface area contributed by atoms with E-state index in [-0.39, 0.29) is 11.0 Å². The van der Waals surface area contributed by atoms with Gasteiger partial charge in [0, 0.05) is 11.5 Å². The van der Waals surface area contributed by atoms with Crippen LogP contribution in [0.1, 0.15) is 35.5 Å². The highest BCUT2D eigenvalue weighted by atomic mass is 19.4. The van der Waals surface area contributed by atoms with Crippen LogP contribution in [-0.4, -0.2) is 36.4 Å². The van der Waals surface area contributed by atoms with Gasteiger partial charge in [-0.3, -0.25) is 0 Å². The Labute approximate surface area is 189 Å². The van der Waals surface area contributed by atoms with Crippen LogP contribution >= 0.6 is 0 Å². The van der Waals surface area contributed by atoms with Crippen molar-refractivity contribution in [2.24, 2.45) is 5.41 Å². The molecule has 0 bridgehead atoms. The Morgan fingerprint density at radius 3 is 2.33 bits per heavy atom. The van der Waals surface area contributed by atoms with Crippen LogP contribution in [0, 0.1) is 19.3 Å². The minimum atomic E-state index is -4.41. The van der Waals surface area contributed by atoms with Crippen molar-refractivity contribution in [3.05, 3.63) is 52.8 Å². The quantitative estimate of drug-likeness (QED) is 0.579. The molecular formula is C24H24F3N3O3. The molecule has 0 amide bonds. The maximum Gasteiger partial charge on any atom is 0.416 e. The molecule has 0 aliphatic carbocycles. The Morgan fingerprint density at radius 1 is 1.00 bits per heavy atom. The smallest absolute Gasteiger partial charge is 0.416 e. The van der Waals surface area contributed by atoms with Gasteiger partial charge in [-0.15, -0.1) is 0 Å². The third-order valence-electron chi connectivity index (χ3n) is 6.26. The highest BCUT2D eigenvalue weighted by molar-refractivity contribution is 5.92. The van der Waals surface area contributed by atoms with Crippen molar-refractivity contribution in [1.29, 1.82) is 0 Å². The lowest BCUT2D eigenvalue weighted by Crippen LogP contribution is -2.50. The fraction of sp³-hybridized carbons (Fsp3) is 0.417. The first-order valence-electron chi connectivity index (χ1n) is 10.7. The van der Waals surface area contributed by atoms with Gasteiger partial charge in [0.15, 0.2) is 11.5 Å². The molecule has 33 heavy (non-hydrogen) atoms. The molecule has 3 aromatic rings. The number of aryl methyl sites for hydroxylation is 1. The summed E-state index contributed by atoms with van der Waals surface area (Å²) >= 11 is 0. The lowest BCUT2D eigenvalue weighted by Gasteiger charge is -2.38. The van der Waals surface area contributed by atoms with Crippen molar-refractivity contribution in [2.45, 2.75) is 33.0 Å². The van der Waals surface area contributed by atoms with E-state index in [2.05, 4.69) is 15.3 Å². The average Bonchev–Trinajstić information content (AvgIpc) is 2.91. The van der Waals surface area contributed by atoms with Crippen molar-refractivity contribution in [1.82, 2.24) is 9.97 Å². The van der Waals surface area contributed by atoms with Crippen LogP contribution < -0.4 is 14.8 Å². The fourth-order valence-electron chi connectivity index (χ4n) is 4.36. The predicted octanol–water partition coefficient (Wildman–Crippen LogP) is 5.23. The van der Waals surface area contributed by atoms with E-state index in [0.29, 0.717) is 66.0 Å². The molecule has 2 aromatic carbocycles. The van der Waals surface area contributed by atoms with E-state index < -0.39 is 17.8 Å². The number of alkyl halides is 3. The van der Waals surface area contributed by atoms with Crippen LogP contribution in [0.2, 0.25) is 0 Å². The number of aromatic nitrogens is 2. The lowest BCUT2D eigenvalue weighted by molar-refractivity contribution is -0.143. The first-order valence-corrected chi connectivity index (χ1v) is 10.7. The van der Waals surface area contributed by atoms with Crippen LogP contribution in [-0.2, 0) is 10.9 Å². The molecular weight excluding hydrogens is 435 g/mol. The van der Waals surface area contributed by atoms with Gasteiger partial charge in [-0.25, -0.2) is 9.97 Å². The number of rotatable bonds is 3. The maximum atomic E-state index is 13.4. The number of fused-ring (bicyclic) bond motifs is 2. The van der Waals surface area contributed by atoms with Crippen molar-refractivity contribution < 1.29 is 27.4 Å². The number of anilines is 1. The molecule has 174 valence electrons. The normalized spacial score (nSPS) is 18.0. The third-order valence-corrected chi connectivity index (χ3v) is 6.26. The predicted molar refractivity (Wildman–Crippen MR) is 117 cm³/mol. The number of ether oxygens (including phenoxy) is 3. The summed E-state index contributed by atoms with van der Waals surface area (Å²) in [6.07, 6.45) is -4.41. The van der Waals surface area contributed by atoms with Crippen LogP contribution in [0.4, 0.5) is 19.0 Å². The minimum Gasteiger partial charge on any atom is -0.489 e. The van der Waals surface area contributed by atoms with Crippen molar-refractivity contribution >= 4 is 16.7 Å². The second-order valence-corrected chi connectivity index (χ2v) is 8.89. The summed E-state index contributed by atoms with van der Waals surface area (Å²) in [6, 6.07) is 7.46. The van der Waals surface area contributed by atoms with Crippen LogP contribution in [0.15, 0.2) is 30.3 Å². The Kier molecular flexibility index (Phi) is 5.12. The van der Waals surface area contributed by atoms with E-state index in [4.69, 9.17) is 14.2 Å². The van der Waals surface area contributed by atoms with Gasteiger partial charge < -0.3 is 19.5 Å². The standard InChI is InChI=1S/C24H24F3N3O3/c1-13-16(5-4-6-18(13)24(25,26)27)14(2)28-22-17-7-20-21(8-19(17)29-15(3)30-22)33-12-23(11-32-20)9-31-10-23/h4-8,14H,9-12H2,1-3H3,(H,28,29,30). The zero-order chi connectivity index (χ0) is 23.4. The van der Waals surface area contributed by atoms with Crippen LogP contribution in [0.25, 0.3) is 10.9 Å². The highest BCUT2D eigenvalue weighted by Crippen LogP contribution is 2.41. The van der Waals surface area contributed by atoms with Gasteiger partial charge in [0.05, 0.1) is 35.8 Å². The third kappa shape index (κ3) is 3.94. The molecule has 5 rings (SSSR count). The molecule has 0 radical (unpaired) electrons. The van der Waals surface area contributed by atoms with Crippen LogP contribution in [0.5, 0.6) is 11.5 Å². The van der Waals surface area contributed by atoms with E-state index in [9.17, 15) is 13.2 Å². The summed E-state index contributed by atoms with van der Waals surface area (Å²) in [5.41, 5.74) is 0.640. The topological polar surface area (TPSA) is 65.5 Å². The number of hydrogen-bond donors (Lipinski definition) is 1. The largest absolute Gasteiger partial charge is 0.489 e. The van der Waals surface area contributed by atoms with Crippen molar-refractivity contribution in [2.75, 3.05) is 31.7 Å². The number of hydrogen-bond acceptors (Lipinski definition) is 6. The minimum absolute atomic E-state index is 0.135. The molecule has 3 heterocycles. The van der Waals surface area contributed by atoms with E-state index in [0.717, 1.165) is 6.07 Å². The Bertz CT molecular complexity index is 1230. The zero-order valence-electron chi connectivity index (χ0n) is 18.5. The van der Waals surface area contributed by atoms with Crippen molar-refractivity contribution in [3.63, 3.8) is 0 Å². The Morgan fingerprint density at radius 2 is 1.70 bits per heavy atom. The molecule has 1 fully saturated rings. The lowest BCUT2D eigenvalue weighted by atomic mass is 9.88. The molecule has 2 aliphatic rings. The number of nitrogens with one attached hydrogen (secondary N) is 1. The number of benzene rings is 2. The molecule has 1 saturated heterocycles. The highest BCUT2D eigenvalue weighted by Gasteiger charge is 2.42. The van der Waals surface area contributed by atoms with E-state index in [1.807, 2.05) is 19.1 Å². The summed E-state index contributed by atoms with van der Waals surface area (Å²) in [6.45, 7) is 7.27. The molecule has 1 spiro atoms. The summed E-state index contributed by atoms with van der Waals surface area (Å²) in [4.78, 5) is 9.06. The molecule has 1 atom stereocenters. The molecule has 1 unspecified atom stereocenters. The summed E-state index contributed by atoms with van der Waals surface area (Å²) in [5, 5.41) is 4.00. The van der Waals surface area contributed by atoms with Gasteiger partial charge in [0.25, 0.3) is 0 Å². The summed E-state index contributed by atoms with van der Waals surface area (Å²) in [7, 11) is 0. The maximum absolute atomic E-state index is 13.4. The molecule has 9 heteroatoms. The molecule has 6 nitrogen and oxygen atoms in total. The molecule has 1 aromatic heterocycles. The summed E-state index contributed by atoms with van der Waals surface area (Å²) < 4.78 is 57.6. The number of halogens is 3. The molecule has 1 N–H and O–H groups in total. The van der Waals surface area contributed by atoms with E-state index >= 15 is 0 Å². The number of nitrogens with zero attached hydrogens (tertiary/aromatic N) is 2.